The highest BCUT2D eigenvalue weighted by atomic mass is 32.2. The molecule has 0 bridgehead atoms. The standard InChI is InChI=1S/C22H28O5S/c1-20(2,3)16-11-13-17(14-12-16)28(23,24)15-21(4)18-9-7-8-10-19(18)22(5,25-6)27-26-21/h7-14H,15H2,1-6H3/t21-,22+/m1/s1. The van der Waals surface area contributed by atoms with E-state index in [4.69, 9.17) is 14.5 Å². The van der Waals surface area contributed by atoms with Crippen LogP contribution in [0.15, 0.2) is 53.4 Å². The second-order valence-corrected chi connectivity index (χ2v) is 10.6. The summed E-state index contributed by atoms with van der Waals surface area (Å²) in [5.74, 6) is -1.33. The van der Waals surface area contributed by atoms with E-state index in [-0.39, 0.29) is 16.1 Å². The summed E-state index contributed by atoms with van der Waals surface area (Å²) in [5.41, 5.74) is 1.37. The molecule has 2 atom stereocenters. The molecule has 0 N–H and O–H groups in total. The minimum Gasteiger partial charge on any atom is -0.347 e. The molecule has 1 heterocycles. The molecule has 1 aliphatic rings. The van der Waals surface area contributed by atoms with Crippen LogP contribution in [-0.4, -0.2) is 21.3 Å². The molecule has 0 amide bonds. The monoisotopic (exact) mass is 404 g/mol. The second kappa shape index (κ2) is 6.95. The van der Waals surface area contributed by atoms with Gasteiger partial charge < -0.3 is 4.74 Å². The average Bonchev–Trinajstić information content (AvgIpc) is 2.64. The van der Waals surface area contributed by atoms with Gasteiger partial charge in [-0.2, -0.15) is 4.89 Å². The summed E-state index contributed by atoms with van der Waals surface area (Å²) in [5, 5.41) is 0. The zero-order valence-corrected chi connectivity index (χ0v) is 18.1. The van der Waals surface area contributed by atoms with Crippen molar-refractivity contribution in [2.45, 2.75) is 56.3 Å². The molecule has 2 aromatic carbocycles. The van der Waals surface area contributed by atoms with Gasteiger partial charge in [0.15, 0.2) is 9.84 Å². The van der Waals surface area contributed by atoms with Crippen LogP contribution in [0.1, 0.15) is 51.3 Å². The first-order valence-electron chi connectivity index (χ1n) is 9.27. The van der Waals surface area contributed by atoms with Gasteiger partial charge in [0.25, 0.3) is 0 Å². The lowest BCUT2D eigenvalue weighted by Crippen LogP contribution is -2.45. The largest absolute Gasteiger partial charge is 0.347 e. The van der Waals surface area contributed by atoms with E-state index in [1.807, 2.05) is 36.4 Å². The van der Waals surface area contributed by atoms with Crippen molar-refractivity contribution in [1.29, 1.82) is 0 Å². The Bertz CT molecular complexity index is 959. The molecule has 6 heteroatoms. The van der Waals surface area contributed by atoms with Crippen LogP contribution < -0.4 is 0 Å². The molecule has 3 rings (SSSR count). The van der Waals surface area contributed by atoms with E-state index in [0.29, 0.717) is 0 Å². The number of ether oxygens (including phenoxy) is 1. The first-order valence-corrected chi connectivity index (χ1v) is 10.9. The van der Waals surface area contributed by atoms with Gasteiger partial charge in [-0.15, -0.1) is 0 Å². The average molecular weight is 405 g/mol. The van der Waals surface area contributed by atoms with Crippen LogP contribution in [-0.2, 0) is 41.2 Å². The molecule has 0 saturated carbocycles. The number of methoxy groups -OCH3 is 1. The number of hydrogen-bond acceptors (Lipinski definition) is 5. The highest BCUT2D eigenvalue weighted by Gasteiger charge is 2.47. The zero-order chi connectivity index (χ0) is 20.8. The number of fused-ring (bicyclic) bond motifs is 1. The highest BCUT2D eigenvalue weighted by Crippen LogP contribution is 2.44. The van der Waals surface area contributed by atoms with Gasteiger partial charge in [-0.1, -0.05) is 57.2 Å². The fourth-order valence-corrected chi connectivity index (χ4v) is 5.10. The third-order valence-corrected chi connectivity index (χ3v) is 7.23. The van der Waals surface area contributed by atoms with Gasteiger partial charge in [-0.25, -0.2) is 13.3 Å². The molecule has 0 radical (unpaired) electrons. The molecule has 0 aromatic heterocycles. The summed E-state index contributed by atoms with van der Waals surface area (Å²) in [6.07, 6.45) is 0. The minimum absolute atomic E-state index is 0.0435. The fourth-order valence-electron chi connectivity index (χ4n) is 3.46. The number of sulfone groups is 1. The quantitative estimate of drug-likeness (QED) is 0.705. The lowest BCUT2D eigenvalue weighted by molar-refractivity contribution is -0.475. The van der Waals surface area contributed by atoms with Gasteiger partial charge in [0.1, 0.15) is 5.60 Å². The predicted octanol–water partition coefficient (Wildman–Crippen LogP) is 4.45. The Hall–Kier alpha value is -1.73. The van der Waals surface area contributed by atoms with Crippen LogP contribution in [0.5, 0.6) is 0 Å². The normalized spacial score (nSPS) is 25.4. The van der Waals surface area contributed by atoms with Gasteiger partial charge in [-0.05, 0) is 42.5 Å². The number of hydrogen-bond donors (Lipinski definition) is 0. The van der Waals surface area contributed by atoms with E-state index in [2.05, 4.69) is 20.8 Å². The Morgan fingerprint density at radius 2 is 1.50 bits per heavy atom. The topological polar surface area (TPSA) is 61.8 Å². The van der Waals surface area contributed by atoms with Gasteiger partial charge in [0.2, 0.25) is 5.79 Å². The van der Waals surface area contributed by atoms with Crippen LogP contribution in [0, 0.1) is 0 Å². The van der Waals surface area contributed by atoms with Gasteiger partial charge in [0.05, 0.1) is 10.6 Å². The van der Waals surface area contributed by atoms with Crippen molar-refractivity contribution in [2.24, 2.45) is 0 Å². The third-order valence-electron chi connectivity index (χ3n) is 5.31. The van der Waals surface area contributed by atoms with Crippen LogP contribution >= 0.6 is 0 Å². The van der Waals surface area contributed by atoms with Crippen molar-refractivity contribution < 1.29 is 22.9 Å². The maximum atomic E-state index is 13.1. The molecule has 28 heavy (non-hydrogen) atoms. The van der Waals surface area contributed by atoms with Crippen molar-refractivity contribution in [1.82, 2.24) is 0 Å². The summed E-state index contributed by atoms with van der Waals surface area (Å²) >= 11 is 0. The van der Waals surface area contributed by atoms with E-state index >= 15 is 0 Å². The van der Waals surface area contributed by atoms with Crippen LogP contribution in [0.3, 0.4) is 0 Å². The van der Waals surface area contributed by atoms with Crippen LogP contribution in [0.2, 0.25) is 0 Å². The van der Waals surface area contributed by atoms with Crippen molar-refractivity contribution in [2.75, 3.05) is 12.9 Å². The Balaban J connectivity index is 1.97. The highest BCUT2D eigenvalue weighted by molar-refractivity contribution is 7.91. The van der Waals surface area contributed by atoms with E-state index in [0.717, 1.165) is 16.7 Å². The van der Waals surface area contributed by atoms with Gasteiger partial charge in [-0.3, -0.25) is 0 Å². The zero-order valence-electron chi connectivity index (χ0n) is 17.3. The van der Waals surface area contributed by atoms with Gasteiger partial charge >= 0.3 is 0 Å². The summed E-state index contributed by atoms with van der Waals surface area (Å²) in [7, 11) is -2.09. The molecule has 0 unspecified atom stereocenters. The Morgan fingerprint density at radius 3 is 2.04 bits per heavy atom. The van der Waals surface area contributed by atoms with E-state index in [1.165, 1.54) is 7.11 Å². The molecule has 0 aliphatic carbocycles. The first kappa shape index (κ1) is 21.0. The second-order valence-electron chi connectivity index (χ2n) is 8.63. The van der Waals surface area contributed by atoms with Crippen molar-refractivity contribution in [3.8, 4) is 0 Å². The van der Waals surface area contributed by atoms with E-state index < -0.39 is 21.2 Å². The van der Waals surface area contributed by atoms with Crippen molar-refractivity contribution in [3.05, 3.63) is 65.2 Å². The molecular formula is C22H28O5S. The van der Waals surface area contributed by atoms with Crippen molar-refractivity contribution >= 4 is 9.84 Å². The smallest absolute Gasteiger partial charge is 0.225 e. The summed E-state index contributed by atoms with van der Waals surface area (Å²) in [6.45, 7) is 9.74. The Kier molecular flexibility index (Phi) is 5.21. The summed E-state index contributed by atoms with van der Waals surface area (Å²) in [4.78, 5) is 11.4. The SMILES string of the molecule is CO[C@@]1(C)OO[C@](C)(CS(=O)(=O)c2ccc(C(C)(C)C)cc2)c2ccccc21. The minimum atomic E-state index is -3.61. The molecule has 152 valence electrons. The lowest BCUT2D eigenvalue weighted by atomic mass is 9.87. The maximum absolute atomic E-state index is 13.1. The maximum Gasteiger partial charge on any atom is 0.225 e. The van der Waals surface area contributed by atoms with E-state index in [1.54, 1.807) is 26.0 Å². The van der Waals surface area contributed by atoms with E-state index in [9.17, 15) is 8.42 Å². The molecule has 0 saturated heterocycles. The van der Waals surface area contributed by atoms with Crippen LogP contribution in [0.25, 0.3) is 0 Å². The lowest BCUT2D eigenvalue weighted by Gasteiger charge is -2.42. The Morgan fingerprint density at radius 1 is 0.929 bits per heavy atom. The Labute approximate surface area is 167 Å². The molecule has 1 aliphatic heterocycles. The third kappa shape index (κ3) is 3.74. The molecule has 2 aromatic rings. The summed E-state index contributed by atoms with van der Waals surface area (Å²) in [6, 6.07) is 14.5. The molecular weight excluding hydrogens is 376 g/mol. The fraction of sp³-hybridized carbons (Fsp3) is 0.455. The predicted molar refractivity (Wildman–Crippen MR) is 108 cm³/mol. The van der Waals surface area contributed by atoms with Gasteiger partial charge in [0, 0.05) is 12.7 Å². The number of benzene rings is 2. The van der Waals surface area contributed by atoms with Crippen molar-refractivity contribution in [3.63, 3.8) is 0 Å². The number of rotatable bonds is 4. The first-order chi connectivity index (χ1) is 12.9. The molecule has 0 fully saturated rings. The molecule has 0 spiro atoms. The molecule has 5 nitrogen and oxygen atoms in total. The summed E-state index contributed by atoms with van der Waals surface area (Å²) < 4.78 is 31.7. The van der Waals surface area contributed by atoms with Crippen LogP contribution in [0.4, 0.5) is 0 Å².